The van der Waals surface area contributed by atoms with Crippen LogP contribution >= 0.6 is 11.3 Å². The van der Waals surface area contributed by atoms with Gasteiger partial charge in [0.05, 0.1) is 10.6 Å². The van der Waals surface area contributed by atoms with E-state index < -0.39 is 5.82 Å². The van der Waals surface area contributed by atoms with E-state index in [1.807, 2.05) is 36.4 Å². The third kappa shape index (κ3) is 4.10. The van der Waals surface area contributed by atoms with Crippen LogP contribution in [0.25, 0.3) is 10.4 Å². The molecule has 7 heteroatoms. The lowest BCUT2D eigenvalue weighted by Gasteiger charge is -2.23. The number of hydrogen-bond donors (Lipinski definition) is 2. The number of anilines is 3. The Hall–Kier alpha value is -3.97. The van der Waals surface area contributed by atoms with Crippen LogP contribution < -0.4 is 16.0 Å². The highest BCUT2D eigenvalue weighted by atomic mass is 32.1. The molecule has 0 bridgehead atoms. The van der Waals surface area contributed by atoms with Gasteiger partial charge >= 0.3 is 0 Å². The maximum atomic E-state index is 14.3. The molecule has 0 saturated heterocycles. The van der Waals surface area contributed by atoms with Crippen molar-refractivity contribution in [3.05, 3.63) is 101 Å². The standard InChI is InChI=1S/C26H20FN3O2S/c27-18-8-11-21-22(15-18)30(26(32)16-6-9-19(28)10-7-16)13-12-17-14-23(33-24(17)21)25(31)29-20-4-2-1-3-5-20/h1-11,14-15H,12-13,28H2,(H,29,31). The van der Waals surface area contributed by atoms with E-state index in [4.69, 9.17) is 5.73 Å². The van der Waals surface area contributed by atoms with E-state index in [-0.39, 0.29) is 11.8 Å². The minimum atomic E-state index is -0.425. The predicted molar refractivity (Wildman–Crippen MR) is 130 cm³/mol. The number of carbonyl (C=O) groups is 2. The molecule has 4 aromatic rings. The summed E-state index contributed by atoms with van der Waals surface area (Å²) in [5.74, 6) is -0.845. The summed E-state index contributed by atoms with van der Waals surface area (Å²) in [6, 6.07) is 22.2. The van der Waals surface area contributed by atoms with Crippen molar-refractivity contribution in [3.8, 4) is 10.4 Å². The summed E-state index contributed by atoms with van der Waals surface area (Å²) in [5, 5.41) is 2.91. The van der Waals surface area contributed by atoms with Gasteiger partial charge in [-0.2, -0.15) is 0 Å². The molecule has 33 heavy (non-hydrogen) atoms. The molecule has 0 saturated carbocycles. The van der Waals surface area contributed by atoms with E-state index in [9.17, 15) is 14.0 Å². The molecule has 1 aliphatic rings. The SMILES string of the molecule is Nc1ccc(C(=O)N2CCc3cc(C(=O)Nc4ccccc4)sc3-c3ccc(F)cc32)cc1. The van der Waals surface area contributed by atoms with Gasteiger partial charge in [-0.25, -0.2) is 4.39 Å². The monoisotopic (exact) mass is 457 g/mol. The van der Waals surface area contributed by atoms with Gasteiger partial charge in [0, 0.05) is 33.9 Å². The van der Waals surface area contributed by atoms with E-state index in [0.717, 1.165) is 16.0 Å². The Morgan fingerprint density at radius 1 is 0.970 bits per heavy atom. The second-order valence-electron chi connectivity index (χ2n) is 7.78. The summed E-state index contributed by atoms with van der Waals surface area (Å²) in [5.41, 5.74) is 9.70. The molecular weight excluding hydrogens is 437 g/mol. The van der Waals surface area contributed by atoms with Crippen molar-refractivity contribution < 1.29 is 14.0 Å². The molecule has 164 valence electrons. The number of para-hydroxylation sites is 1. The fourth-order valence-corrected chi connectivity index (χ4v) is 5.07. The highest BCUT2D eigenvalue weighted by Crippen LogP contribution is 2.42. The van der Waals surface area contributed by atoms with Crippen LogP contribution in [0, 0.1) is 5.82 Å². The van der Waals surface area contributed by atoms with Gasteiger partial charge < -0.3 is 16.0 Å². The third-order valence-electron chi connectivity index (χ3n) is 5.57. The van der Waals surface area contributed by atoms with Gasteiger partial charge in [0.2, 0.25) is 0 Å². The third-order valence-corrected chi connectivity index (χ3v) is 6.78. The number of nitrogens with one attached hydrogen (secondary N) is 1. The van der Waals surface area contributed by atoms with Crippen molar-refractivity contribution >= 4 is 40.2 Å². The van der Waals surface area contributed by atoms with Gasteiger partial charge in [-0.1, -0.05) is 18.2 Å². The van der Waals surface area contributed by atoms with Crippen LogP contribution in [0.2, 0.25) is 0 Å². The Bertz CT molecular complexity index is 1350. The molecule has 1 aliphatic heterocycles. The molecule has 3 aromatic carbocycles. The number of hydrogen-bond acceptors (Lipinski definition) is 4. The van der Waals surface area contributed by atoms with Crippen LogP contribution in [0.15, 0.2) is 78.9 Å². The van der Waals surface area contributed by atoms with Crippen molar-refractivity contribution in [2.45, 2.75) is 6.42 Å². The van der Waals surface area contributed by atoms with Crippen LogP contribution in [-0.4, -0.2) is 18.4 Å². The number of nitrogens with zero attached hydrogens (tertiary/aromatic N) is 1. The van der Waals surface area contributed by atoms with Crippen molar-refractivity contribution in [1.82, 2.24) is 0 Å². The van der Waals surface area contributed by atoms with E-state index in [1.165, 1.54) is 23.5 Å². The number of carbonyl (C=O) groups excluding carboxylic acids is 2. The van der Waals surface area contributed by atoms with Gasteiger partial charge in [-0.15, -0.1) is 11.3 Å². The summed E-state index contributed by atoms with van der Waals surface area (Å²) >= 11 is 1.35. The van der Waals surface area contributed by atoms with Gasteiger partial charge in [0.25, 0.3) is 11.8 Å². The average molecular weight is 458 g/mol. The Balaban J connectivity index is 1.51. The van der Waals surface area contributed by atoms with Crippen LogP contribution in [0.5, 0.6) is 0 Å². The quantitative estimate of drug-likeness (QED) is 0.394. The number of rotatable bonds is 3. The van der Waals surface area contributed by atoms with E-state index >= 15 is 0 Å². The maximum Gasteiger partial charge on any atom is 0.265 e. The van der Waals surface area contributed by atoms with Crippen LogP contribution in [0.4, 0.5) is 21.5 Å². The van der Waals surface area contributed by atoms with Crippen molar-refractivity contribution in [1.29, 1.82) is 0 Å². The maximum absolute atomic E-state index is 14.3. The molecule has 1 aromatic heterocycles. The molecule has 0 fully saturated rings. The normalized spacial score (nSPS) is 12.5. The number of fused-ring (bicyclic) bond motifs is 3. The highest BCUT2D eigenvalue weighted by Gasteiger charge is 2.28. The first-order chi connectivity index (χ1) is 16.0. The summed E-state index contributed by atoms with van der Waals surface area (Å²) in [7, 11) is 0. The molecule has 2 heterocycles. The molecule has 0 aliphatic carbocycles. The largest absolute Gasteiger partial charge is 0.399 e. The smallest absolute Gasteiger partial charge is 0.265 e. The Morgan fingerprint density at radius 3 is 2.48 bits per heavy atom. The molecule has 0 radical (unpaired) electrons. The van der Waals surface area contributed by atoms with E-state index in [1.54, 1.807) is 35.2 Å². The first kappa shape index (κ1) is 20.9. The highest BCUT2D eigenvalue weighted by molar-refractivity contribution is 7.17. The lowest BCUT2D eigenvalue weighted by Crippen LogP contribution is -2.32. The Kier molecular flexibility index (Phi) is 5.40. The van der Waals surface area contributed by atoms with E-state index in [2.05, 4.69) is 5.32 Å². The lowest BCUT2D eigenvalue weighted by atomic mass is 10.1. The summed E-state index contributed by atoms with van der Waals surface area (Å²) in [6.45, 7) is 0.364. The van der Waals surface area contributed by atoms with Crippen molar-refractivity contribution in [2.75, 3.05) is 22.5 Å². The molecule has 0 unspecified atom stereocenters. The molecule has 3 N–H and O–H groups in total. The number of thiophene rings is 1. The summed E-state index contributed by atoms with van der Waals surface area (Å²) in [4.78, 5) is 29.2. The Labute approximate surface area is 194 Å². The fourth-order valence-electron chi connectivity index (χ4n) is 3.93. The summed E-state index contributed by atoms with van der Waals surface area (Å²) in [6.07, 6.45) is 0.543. The van der Waals surface area contributed by atoms with Crippen LogP contribution in [-0.2, 0) is 6.42 Å². The minimum absolute atomic E-state index is 0.197. The number of nitrogen functional groups attached to an aromatic ring is 1. The summed E-state index contributed by atoms with van der Waals surface area (Å²) < 4.78 is 14.3. The van der Waals surface area contributed by atoms with Gasteiger partial charge in [-0.05, 0) is 72.6 Å². The predicted octanol–water partition coefficient (Wildman–Crippen LogP) is 5.59. The van der Waals surface area contributed by atoms with E-state index in [0.29, 0.717) is 40.5 Å². The van der Waals surface area contributed by atoms with Crippen molar-refractivity contribution in [2.24, 2.45) is 0 Å². The van der Waals surface area contributed by atoms with Crippen LogP contribution in [0.3, 0.4) is 0 Å². The van der Waals surface area contributed by atoms with Crippen molar-refractivity contribution in [3.63, 3.8) is 0 Å². The number of amides is 2. The Morgan fingerprint density at radius 2 is 1.73 bits per heavy atom. The molecule has 0 spiro atoms. The lowest BCUT2D eigenvalue weighted by molar-refractivity contribution is 0.0985. The molecule has 5 rings (SSSR count). The minimum Gasteiger partial charge on any atom is -0.399 e. The topological polar surface area (TPSA) is 75.4 Å². The fraction of sp³-hybridized carbons (Fsp3) is 0.0769. The number of nitrogens with two attached hydrogens (primary N) is 1. The van der Waals surface area contributed by atoms with Crippen LogP contribution in [0.1, 0.15) is 25.6 Å². The second kappa shape index (κ2) is 8.52. The molecular formula is C26H20FN3O2S. The molecule has 2 amide bonds. The molecule has 0 atom stereocenters. The number of halogens is 1. The van der Waals surface area contributed by atoms with Gasteiger partial charge in [0.1, 0.15) is 5.82 Å². The zero-order valence-electron chi connectivity index (χ0n) is 17.5. The number of benzene rings is 3. The second-order valence-corrected chi connectivity index (χ2v) is 8.83. The zero-order chi connectivity index (χ0) is 22.9. The molecule has 5 nitrogen and oxygen atoms in total. The first-order valence-electron chi connectivity index (χ1n) is 10.5. The first-order valence-corrected chi connectivity index (χ1v) is 11.3. The zero-order valence-corrected chi connectivity index (χ0v) is 18.4. The van der Waals surface area contributed by atoms with Gasteiger partial charge in [-0.3, -0.25) is 9.59 Å². The van der Waals surface area contributed by atoms with Gasteiger partial charge in [0.15, 0.2) is 0 Å². The average Bonchev–Trinajstić information content (AvgIpc) is 3.18.